The minimum Gasteiger partial charge on any atom is -0.481 e. The summed E-state index contributed by atoms with van der Waals surface area (Å²) in [5.41, 5.74) is 0.970. The highest BCUT2D eigenvalue weighted by molar-refractivity contribution is 7.12. The Hall–Kier alpha value is -1.36. The van der Waals surface area contributed by atoms with E-state index in [9.17, 15) is 9.59 Å². The lowest BCUT2D eigenvalue weighted by atomic mass is 9.98. The van der Waals surface area contributed by atoms with Crippen LogP contribution in [0.2, 0.25) is 0 Å². The molecule has 0 unspecified atom stereocenters. The number of piperidine rings is 1. The molecule has 0 bridgehead atoms. The van der Waals surface area contributed by atoms with Gasteiger partial charge >= 0.3 is 5.97 Å². The molecule has 4 nitrogen and oxygen atoms in total. The molecule has 92 valence electrons. The zero-order valence-corrected chi connectivity index (χ0v) is 10.5. The molecule has 1 atom stereocenters. The first-order valence-electron chi connectivity index (χ1n) is 5.65. The summed E-state index contributed by atoms with van der Waals surface area (Å²) in [5, 5.41) is 10.9. The summed E-state index contributed by atoms with van der Waals surface area (Å²) in [5.74, 6) is -1.23. The van der Waals surface area contributed by atoms with Gasteiger partial charge in [0.25, 0.3) is 5.91 Å². The van der Waals surface area contributed by atoms with Gasteiger partial charge in [0.15, 0.2) is 0 Å². The number of nitrogens with zero attached hydrogens (tertiary/aromatic N) is 1. The zero-order valence-electron chi connectivity index (χ0n) is 9.68. The van der Waals surface area contributed by atoms with Gasteiger partial charge < -0.3 is 10.0 Å². The molecular weight excluding hydrogens is 238 g/mol. The summed E-state index contributed by atoms with van der Waals surface area (Å²) in [7, 11) is 0. The largest absolute Gasteiger partial charge is 0.481 e. The molecule has 0 aromatic carbocycles. The van der Waals surface area contributed by atoms with Crippen molar-refractivity contribution in [3.8, 4) is 0 Å². The van der Waals surface area contributed by atoms with Gasteiger partial charge in [-0.2, -0.15) is 0 Å². The molecule has 0 radical (unpaired) electrons. The van der Waals surface area contributed by atoms with Crippen LogP contribution in [0.25, 0.3) is 0 Å². The average Bonchev–Trinajstić information content (AvgIpc) is 2.74. The normalized spacial score (nSPS) is 20.3. The van der Waals surface area contributed by atoms with Gasteiger partial charge in [0, 0.05) is 13.1 Å². The zero-order chi connectivity index (χ0) is 12.4. The molecule has 17 heavy (non-hydrogen) atoms. The van der Waals surface area contributed by atoms with Crippen LogP contribution in [0, 0.1) is 12.8 Å². The van der Waals surface area contributed by atoms with Gasteiger partial charge in [0.1, 0.15) is 0 Å². The molecule has 1 amide bonds. The lowest BCUT2D eigenvalue weighted by molar-refractivity contribution is -0.143. The minimum atomic E-state index is -0.801. The van der Waals surface area contributed by atoms with Crippen molar-refractivity contribution in [2.45, 2.75) is 19.8 Å². The summed E-state index contributed by atoms with van der Waals surface area (Å²) >= 11 is 1.42. The monoisotopic (exact) mass is 253 g/mol. The van der Waals surface area contributed by atoms with E-state index in [0.29, 0.717) is 19.5 Å². The first-order chi connectivity index (χ1) is 8.09. The van der Waals surface area contributed by atoms with E-state index >= 15 is 0 Å². The Morgan fingerprint density at radius 2 is 2.29 bits per heavy atom. The minimum absolute atomic E-state index is 0.0246. The molecule has 1 fully saturated rings. The molecule has 1 aromatic rings. The highest BCUT2D eigenvalue weighted by Crippen LogP contribution is 2.22. The van der Waals surface area contributed by atoms with Crippen molar-refractivity contribution in [3.63, 3.8) is 0 Å². The average molecular weight is 253 g/mol. The second-order valence-corrected chi connectivity index (χ2v) is 5.28. The quantitative estimate of drug-likeness (QED) is 0.877. The molecule has 1 saturated heterocycles. The number of aryl methyl sites for hydroxylation is 1. The van der Waals surface area contributed by atoms with Crippen LogP contribution in [0.15, 0.2) is 11.4 Å². The Labute approximate surface area is 104 Å². The summed E-state index contributed by atoms with van der Waals surface area (Å²) in [6, 6.07) is 1.91. The van der Waals surface area contributed by atoms with Gasteiger partial charge in [-0.05, 0) is 36.8 Å². The van der Waals surface area contributed by atoms with Crippen LogP contribution in [0.4, 0.5) is 0 Å². The first-order valence-corrected chi connectivity index (χ1v) is 6.53. The number of thiophene rings is 1. The highest BCUT2D eigenvalue weighted by Gasteiger charge is 2.29. The van der Waals surface area contributed by atoms with Crippen LogP contribution in [-0.2, 0) is 4.79 Å². The van der Waals surface area contributed by atoms with Gasteiger partial charge in [-0.1, -0.05) is 0 Å². The number of hydrogen-bond donors (Lipinski definition) is 1. The standard InChI is InChI=1S/C12H15NO3S/c1-8-4-6-17-10(8)11(14)13-5-2-3-9(7-13)12(15)16/h4,6,9H,2-3,5,7H2,1H3,(H,15,16)/t9-/m1/s1. The van der Waals surface area contributed by atoms with E-state index in [-0.39, 0.29) is 5.91 Å². The van der Waals surface area contributed by atoms with E-state index in [2.05, 4.69) is 0 Å². The number of aliphatic carboxylic acids is 1. The molecule has 1 aromatic heterocycles. The number of carbonyl (C=O) groups excluding carboxylic acids is 1. The smallest absolute Gasteiger partial charge is 0.308 e. The van der Waals surface area contributed by atoms with Crippen LogP contribution in [0.1, 0.15) is 28.1 Å². The van der Waals surface area contributed by atoms with Gasteiger partial charge in [-0.25, -0.2) is 0 Å². The Kier molecular flexibility index (Phi) is 3.47. The van der Waals surface area contributed by atoms with Crippen LogP contribution >= 0.6 is 11.3 Å². The Bertz CT molecular complexity index is 441. The van der Waals surface area contributed by atoms with E-state index in [0.717, 1.165) is 16.9 Å². The maximum atomic E-state index is 12.2. The molecule has 1 N–H and O–H groups in total. The van der Waals surface area contributed by atoms with Gasteiger partial charge in [-0.3, -0.25) is 9.59 Å². The molecule has 0 spiro atoms. The third-order valence-electron chi connectivity index (χ3n) is 3.11. The van der Waals surface area contributed by atoms with Crippen molar-refractivity contribution in [2.75, 3.05) is 13.1 Å². The van der Waals surface area contributed by atoms with E-state index in [1.165, 1.54) is 11.3 Å². The van der Waals surface area contributed by atoms with Gasteiger partial charge in [0.05, 0.1) is 10.8 Å². The lowest BCUT2D eigenvalue weighted by Crippen LogP contribution is -2.42. The maximum absolute atomic E-state index is 12.2. The molecule has 2 rings (SSSR count). The first kappa shape index (κ1) is 12.1. The third-order valence-corrected chi connectivity index (χ3v) is 4.12. The fourth-order valence-corrected chi connectivity index (χ4v) is 2.99. The summed E-state index contributed by atoms with van der Waals surface area (Å²) < 4.78 is 0. The van der Waals surface area contributed by atoms with Crippen molar-refractivity contribution in [2.24, 2.45) is 5.92 Å². The number of carbonyl (C=O) groups is 2. The maximum Gasteiger partial charge on any atom is 0.308 e. The van der Waals surface area contributed by atoms with Crippen molar-refractivity contribution in [1.29, 1.82) is 0 Å². The second kappa shape index (κ2) is 4.87. The third kappa shape index (κ3) is 2.49. The van der Waals surface area contributed by atoms with Crippen molar-refractivity contribution >= 4 is 23.2 Å². The Balaban J connectivity index is 2.10. The van der Waals surface area contributed by atoms with Crippen molar-refractivity contribution < 1.29 is 14.7 Å². The lowest BCUT2D eigenvalue weighted by Gasteiger charge is -2.30. The molecule has 0 aliphatic carbocycles. The van der Waals surface area contributed by atoms with Crippen LogP contribution < -0.4 is 0 Å². The number of likely N-dealkylation sites (tertiary alicyclic amines) is 1. The Morgan fingerprint density at radius 1 is 1.53 bits per heavy atom. The molecule has 0 saturated carbocycles. The number of carboxylic acids is 1. The summed E-state index contributed by atoms with van der Waals surface area (Å²) in [6.45, 7) is 2.91. The number of amides is 1. The van der Waals surface area contributed by atoms with E-state index in [4.69, 9.17) is 5.11 Å². The van der Waals surface area contributed by atoms with Crippen LogP contribution in [-0.4, -0.2) is 35.0 Å². The van der Waals surface area contributed by atoms with E-state index in [1.807, 2.05) is 18.4 Å². The van der Waals surface area contributed by atoms with Crippen LogP contribution in [0.5, 0.6) is 0 Å². The fourth-order valence-electron chi connectivity index (χ4n) is 2.10. The number of rotatable bonds is 2. The van der Waals surface area contributed by atoms with Crippen LogP contribution in [0.3, 0.4) is 0 Å². The van der Waals surface area contributed by atoms with E-state index < -0.39 is 11.9 Å². The highest BCUT2D eigenvalue weighted by atomic mass is 32.1. The van der Waals surface area contributed by atoms with Gasteiger partial charge in [-0.15, -0.1) is 11.3 Å². The second-order valence-electron chi connectivity index (χ2n) is 4.36. The SMILES string of the molecule is Cc1ccsc1C(=O)N1CCC[C@@H](C(=O)O)C1. The number of hydrogen-bond acceptors (Lipinski definition) is 3. The van der Waals surface area contributed by atoms with Crippen molar-refractivity contribution in [1.82, 2.24) is 4.90 Å². The van der Waals surface area contributed by atoms with E-state index in [1.54, 1.807) is 4.90 Å². The molecular formula is C12H15NO3S. The topological polar surface area (TPSA) is 57.6 Å². The Morgan fingerprint density at radius 3 is 2.88 bits per heavy atom. The molecule has 5 heteroatoms. The predicted molar refractivity (Wildman–Crippen MR) is 65.3 cm³/mol. The molecule has 1 aliphatic rings. The summed E-state index contributed by atoms with van der Waals surface area (Å²) in [6.07, 6.45) is 1.44. The van der Waals surface area contributed by atoms with Crippen molar-refractivity contribution in [3.05, 3.63) is 21.9 Å². The fraction of sp³-hybridized carbons (Fsp3) is 0.500. The molecule has 1 aliphatic heterocycles. The predicted octanol–water partition coefficient (Wildman–Crippen LogP) is 1.99. The summed E-state index contributed by atoms with van der Waals surface area (Å²) in [4.78, 5) is 25.5. The number of carboxylic acid groups (broad SMARTS) is 1. The van der Waals surface area contributed by atoms with Gasteiger partial charge in [0.2, 0.25) is 0 Å². The molecule has 2 heterocycles.